The highest BCUT2D eigenvalue weighted by atomic mass is 35.5. The average Bonchev–Trinajstić information content (AvgIpc) is 1.80. The van der Waals surface area contributed by atoms with Gasteiger partial charge in [0.25, 0.3) is 0 Å². The number of rotatable bonds is 3. The molecule has 0 heterocycles. The molecule has 0 unspecified atom stereocenters. The Kier molecular flexibility index (Phi) is 4.36. The lowest BCUT2D eigenvalue weighted by Crippen LogP contribution is -2.25. The Hall–Kier alpha value is 0.200. The van der Waals surface area contributed by atoms with Crippen molar-refractivity contribution >= 4 is 40.8 Å². The molecule has 0 atom stereocenters. The van der Waals surface area contributed by atoms with Crippen molar-refractivity contribution in [1.82, 2.24) is 0 Å². The van der Waals surface area contributed by atoms with Crippen molar-refractivity contribution in [2.45, 2.75) is 10.2 Å². The Morgan fingerprint density at radius 3 is 2.27 bits per heavy atom. The number of alkyl halides is 5. The molecule has 11 heavy (non-hydrogen) atoms. The van der Waals surface area contributed by atoms with Gasteiger partial charge in [-0.05, 0) is 11.6 Å². The van der Waals surface area contributed by atoms with Crippen molar-refractivity contribution in [1.29, 1.82) is 0 Å². The summed E-state index contributed by atoms with van der Waals surface area (Å²) in [5.41, 5.74) is 0. The fraction of sp³-hybridized carbons (Fsp3) is 0.750. The minimum Gasteiger partial charge on any atom is -0.457 e. The highest BCUT2D eigenvalue weighted by molar-refractivity contribution is 6.44. The number of carbonyl (C=O) groups excluding carboxylic acids is 1. The van der Waals surface area contributed by atoms with Crippen LogP contribution in [0, 0.1) is 0 Å². The lowest BCUT2D eigenvalue weighted by atomic mass is 10.7. The van der Waals surface area contributed by atoms with Crippen LogP contribution in [0.2, 0.25) is 0 Å². The molecular weight excluding hydrogens is 224 g/mol. The molecule has 0 aromatic rings. The molecule has 0 saturated heterocycles. The normalized spacial score (nSPS) is 11.8. The number of carbonyl (C=O) groups is 1. The molecule has 66 valence electrons. The van der Waals surface area contributed by atoms with E-state index >= 15 is 0 Å². The zero-order chi connectivity index (χ0) is 9.07. The van der Waals surface area contributed by atoms with Gasteiger partial charge in [0.1, 0.15) is 11.4 Å². The fourth-order valence-corrected chi connectivity index (χ4v) is 0.401. The van der Waals surface area contributed by atoms with Crippen molar-refractivity contribution in [2.24, 2.45) is 0 Å². The summed E-state index contributed by atoms with van der Waals surface area (Å²) in [6, 6.07) is 0. The van der Waals surface area contributed by atoms with E-state index in [1.807, 2.05) is 0 Å². The van der Waals surface area contributed by atoms with E-state index in [-0.39, 0.29) is 0 Å². The van der Waals surface area contributed by atoms with Gasteiger partial charge in [0.15, 0.2) is 0 Å². The first-order chi connectivity index (χ1) is 4.84. The van der Waals surface area contributed by atoms with Crippen LogP contribution >= 0.6 is 34.8 Å². The third-order valence-electron chi connectivity index (χ3n) is 0.572. The van der Waals surface area contributed by atoms with Crippen LogP contribution in [0.5, 0.6) is 0 Å². The standard InChI is InChI=1S/C4H3Cl3F2O2/c5-2(6)1-11-3(10)4(7,8)9/h2H,1H2. The Labute approximate surface area is 76.4 Å². The molecule has 0 saturated carbocycles. The van der Waals surface area contributed by atoms with E-state index in [4.69, 9.17) is 23.2 Å². The third-order valence-corrected chi connectivity index (χ3v) is 0.978. The molecule has 0 aliphatic carbocycles. The molecule has 2 nitrogen and oxygen atoms in total. The lowest BCUT2D eigenvalue weighted by Gasteiger charge is -2.07. The third kappa shape index (κ3) is 5.47. The average molecular weight is 227 g/mol. The minimum absolute atomic E-state index is 0.510. The number of ether oxygens (including phenoxy) is 1. The van der Waals surface area contributed by atoms with Crippen LogP contribution < -0.4 is 0 Å². The van der Waals surface area contributed by atoms with Crippen molar-refractivity contribution in [2.75, 3.05) is 6.61 Å². The maximum absolute atomic E-state index is 11.8. The molecule has 0 spiro atoms. The second-order valence-electron chi connectivity index (χ2n) is 1.49. The molecule has 0 amide bonds. The van der Waals surface area contributed by atoms with E-state index in [0.717, 1.165) is 0 Å². The monoisotopic (exact) mass is 226 g/mol. The molecule has 7 heteroatoms. The number of hydrogen-bond acceptors (Lipinski definition) is 2. The smallest absolute Gasteiger partial charge is 0.417 e. The van der Waals surface area contributed by atoms with Gasteiger partial charge in [0, 0.05) is 0 Å². The highest BCUT2D eigenvalue weighted by Crippen LogP contribution is 2.20. The van der Waals surface area contributed by atoms with Crippen molar-refractivity contribution in [3.8, 4) is 0 Å². The number of halogens is 5. The van der Waals surface area contributed by atoms with E-state index in [2.05, 4.69) is 16.3 Å². The second kappa shape index (κ2) is 4.28. The summed E-state index contributed by atoms with van der Waals surface area (Å²) >= 11 is 14.4. The van der Waals surface area contributed by atoms with Crippen molar-refractivity contribution in [3.05, 3.63) is 0 Å². The molecule has 0 aliphatic heterocycles. The predicted octanol–water partition coefficient (Wildman–Crippen LogP) is 2.16. The van der Waals surface area contributed by atoms with Gasteiger partial charge in [-0.25, -0.2) is 4.79 Å². The van der Waals surface area contributed by atoms with Gasteiger partial charge in [-0.2, -0.15) is 8.78 Å². The van der Waals surface area contributed by atoms with Gasteiger partial charge in [0.05, 0.1) is 0 Å². The van der Waals surface area contributed by atoms with E-state index in [9.17, 15) is 13.6 Å². The Morgan fingerprint density at radius 1 is 1.55 bits per heavy atom. The molecule has 0 aromatic heterocycles. The highest BCUT2D eigenvalue weighted by Gasteiger charge is 2.38. The van der Waals surface area contributed by atoms with Crippen LogP contribution in [0.3, 0.4) is 0 Å². The largest absolute Gasteiger partial charge is 0.457 e. The van der Waals surface area contributed by atoms with Crippen LogP contribution in [0.4, 0.5) is 8.78 Å². The molecule has 0 radical (unpaired) electrons. The number of esters is 1. The SMILES string of the molecule is O=C(OCC(Cl)Cl)C(F)(F)Cl. The zero-order valence-electron chi connectivity index (χ0n) is 4.99. The van der Waals surface area contributed by atoms with Gasteiger partial charge in [-0.3, -0.25) is 0 Å². The Bertz CT molecular complexity index is 145. The summed E-state index contributed by atoms with van der Waals surface area (Å²) in [5, 5.41) is -4.01. The van der Waals surface area contributed by atoms with E-state index in [1.54, 1.807) is 0 Å². The topological polar surface area (TPSA) is 26.3 Å². The second-order valence-corrected chi connectivity index (χ2v) is 3.24. The maximum Gasteiger partial charge on any atom is 0.417 e. The van der Waals surface area contributed by atoms with Gasteiger partial charge in [-0.15, -0.1) is 23.2 Å². The summed E-state index contributed by atoms with van der Waals surface area (Å²) in [6.45, 7) is -0.510. The molecule has 0 rings (SSSR count). The molecule has 0 bridgehead atoms. The van der Waals surface area contributed by atoms with Crippen LogP contribution in [0.1, 0.15) is 0 Å². The first-order valence-electron chi connectivity index (χ1n) is 2.36. The van der Waals surface area contributed by atoms with Crippen LogP contribution in [-0.2, 0) is 9.53 Å². The molecule has 0 aromatic carbocycles. The fourth-order valence-electron chi connectivity index (χ4n) is 0.221. The first kappa shape index (κ1) is 11.2. The summed E-state index contributed by atoms with van der Waals surface area (Å²) < 4.78 is 27.4. The Morgan fingerprint density at radius 2 is 2.00 bits per heavy atom. The maximum atomic E-state index is 11.8. The number of hydrogen-bond donors (Lipinski definition) is 0. The van der Waals surface area contributed by atoms with Gasteiger partial charge >= 0.3 is 11.4 Å². The summed E-state index contributed by atoms with van der Waals surface area (Å²) in [5.74, 6) is -1.86. The molecular formula is C4H3Cl3F2O2. The quantitative estimate of drug-likeness (QED) is 0.545. The van der Waals surface area contributed by atoms with Crippen LogP contribution in [-0.4, -0.2) is 22.8 Å². The van der Waals surface area contributed by atoms with Crippen LogP contribution in [0.25, 0.3) is 0 Å². The van der Waals surface area contributed by atoms with E-state index < -0.39 is 22.8 Å². The summed E-state index contributed by atoms with van der Waals surface area (Å²) in [6.07, 6.45) is 0. The zero-order valence-corrected chi connectivity index (χ0v) is 7.26. The van der Waals surface area contributed by atoms with Gasteiger partial charge in [0.2, 0.25) is 0 Å². The van der Waals surface area contributed by atoms with Crippen molar-refractivity contribution < 1.29 is 18.3 Å². The Balaban J connectivity index is 3.71. The molecule has 0 aliphatic rings. The first-order valence-corrected chi connectivity index (χ1v) is 3.61. The van der Waals surface area contributed by atoms with E-state index in [1.165, 1.54) is 0 Å². The predicted molar refractivity (Wildman–Crippen MR) is 37.3 cm³/mol. The van der Waals surface area contributed by atoms with Crippen LogP contribution in [0.15, 0.2) is 0 Å². The minimum atomic E-state index is -4.01. The van der Waals surface area contributed by atoms with Gasteiger partial charge < -0.3 is 4.74 Å². The summed E-state index contributed by atoms with van der Waals surface area (Å²) in [4.78, 5) is 9.12. The van der Waals surface area contributed by atoms with Crippen molar-refractivity contribution in [3.63, 3.8) is 0 Å². The molecule has 0 fully saturated rings. The molecule has 0 N–H and O–H groups in total. The lowest BCUT2D eigenvalue weighted by molar-refractivity contribution is -0.160. The van der Waals surface area contributed by atoms with Gasteiger partial charge in [-0.1, -0.05) is 0 Å². The summed E-state index contributed by atoms with van der Waals surface area (Å²) in [7, 11) is 0. The van der Waals surface area contributed by atoms with E-state index in [0.29, 0.717) is 0 Å².